The highest BCUT2D eigenvalue weighted by Crippen LogP contribution is 2.34. The summed E-state index contributed by atoms with van der Waals surface area (Å²) >= 11 is 0. The van der Waals surface area contributed by atoms with Gasteiger partial charge in [-0.25, -0.2) is 0 Å². The Kier molecular flexibility index (Phi) is 3.64. The number of hydrogen-bond acceptors (Lipinski definition) is 3. The van der Waals surface area contributed by atoms with Crippen LogP contribution in [0.15, 0.2) is 60.7 Å². The third-order valence-electron chi connectivity index (χ3n) is 4.40. The van der Waals surface area contributed by atoms with Gasteiger partial charge in [0.15, 0.2) is 11.5 Å². The Hall–Kier alpha value is -2.52. The summed E-state index contributed by atoms with van der Waals surface area (Å²) in [5.74, 6) is 1.68. The molecular weight excluding hydrogens is 286 g/mol. The first kappa shape index (κ1) is 14.1. The third kappa shape index (κ3) is 2.76. The van der Waals surface area contributed by atoms with Crippen molar-refractivity contribution in [2.75, 3.05) is 13.8 Å². The summed E-state index contributed by atoms with van der Waals surface area (Å²) in [6.07, 6.45) is 0.908. The summed E-state index contributed by atoms with van der Waals surface area (Å²) < 4.78 is 10.9. The molecule has 0 bridgehead atoms. The van der Waals surface area contributed by atoms with Crippen LogP contribution in [-0.2, 0) is 6.42 Å². The predicted molar refractivity (Wildman–Crippen MR) is 92.0 cm³/mol. The number of benzene rings is 3. The number of ether oxygens (including phenoxy) is 2. The zero-order valence-corrected chi connectivity index (χ0v) is 13.1. The van der Waals surface area contributed by atoms with Crippen LogP contribution in [0.5, 0.6) is 11.5 Å². The average molecular weight is 305 g/mol. The number of nitrogens with one attached hydrogen (secondary N) is 1. The highest BCUT2D eigenvalue weighted by atomic mass is 16.7. The van der Waals surface area contributed by atoms with Crippen LogP contribution in [0.25, 0.3) is 10.8 Å². The number of fused-ring (bicyclic) bond motifs is 2. The number of hydrogen-bond donors (Lipinski definition) is 1. The highest BCUT2D eigenvalue weighted by molar-refractivity contribution is 5.83. The Morgan fingerprint density at radius 2 is 1.74 bits per heavy atom. The minimum absolute atomic E-state index is 0.264. The molecule has 3 aromatic carbocycles. The summed E-state index contributed by atoms with van der Waals surface area (Å²) in [6, 6.07) is 21.6. The Balaban J connectivity index is 1.62. The van der Waals surface area contributed by atoms with Crippen LogP contribution in [0.1, 0.15) is 17.2 Å². The van der Waals surface area contributed by atoms with Crippen molar-refractivity contribution in [3.05, 3.63) is 71.8 Å². The first-order valence-corrected chi connectivity index (χ1v) is 7.88. The summed E-state index contributed by atoms with van der Waals surface area (Å²) in [4.78, 5) is 0. The number of rotatable bonds is 4. The van der Waals surface area contributed by atoms with Gasteiger partial charge in [0.2, 0.25) is 6.79 Å². The fraction of sp³-hybridized carbons (Fsp3) is 0.200. The van der Waals surface area contributed by atoms with E-state index in [0.717, 1.165) is 17.9 Å². The maximum Gasteiger partial charge on any atom is 0.231 e. The van der Waals surface area contributed by atoms with Gasteiger partial charge in [-0.1, -0.05) is 42.5 Å². The molecule has 0 radical (unpaired) electrons. The van der Waals surface area contributed by atoms with Gasteiger partial charge in [0.05, 0.1) is 0 Å². The van der Waals surface area contributed by atoms with Crippen molar-refractivity contribution in [2.24, 2.45) is 0 Å². The smallest absolute Gasteiger partial charge is 0.231 e. The van der Waals surface area contributed by atoms with Gasteiger partial charge in [-0.05, 0) is 53.6 Å². The van der Waals surface area contributed by atoms with E-state index in [0.29, 0.717) is 6.79 Å². The number of likely N-dealkylation sites (N-methyl/N-ethyl adjacent to an activating group) is 1. The summed E-state index contributed by atoms with van der Waals surface area (Å²) in [5.41, 5.74) is 2.53. The van der Waals surface area contributed by atoms with Crippen LogP contribution in [0, 0.1) is 0 Å². The molecule has 0 saturated carbocycles. The molecule has 3 nitrogen and oxygen atoms in total. The van der Waals surface area contributed by atoms with Gasteiger partial charge < -0.3 is 14.8 Å². The molecule has 0 amide bonds. The molecule has 0 aromatic heterocycles. The van der Waals surface area contributed by atoms with Crippen LogP contribution in [0.3, 0.4) is 0 Å². The summed E-state index contributed by atoms with van der Waals surface area (Å²) in [6.45, 7) is 0.318. The van der Waals surface area contributed by atoms with Gasteiger partial charge in [0.25, 0.3) is 0 Å². The van der Waals surface area contributed by atoms with E-state index in [4.69, 9.17) is 9.47 Å². The minimum Gasteiger partial charge on any atom is -0.454 e. The van der Waals surface area contributed by atoms with Gasteiger partial charge in [-0.15, -0.1) is 0 Å². The van der Waals surface area contributed by atoms with Crippen LogP contribution in [-0.4, -0.2) is 13.8 Å². The molecule has 1 N–H and O–H groups in total. The van der Waals surface area contributed by atoms with Gasteiger partial charge in [0.1, 0.15) is 0 Å². The molecule has 0 fully saturated rings. The summed E-state index contributed by atoms with van der Waals surface area (Å²) in [5, 5.41) is 5.97. The molecule has 1 unspecified atom stereocenters. The quantitative estimate of drug-likeness (QED) is 0.788. The minimum atomic E-state index is 0.264. The zero-order chi connectivity index (χ0) is 15.6. The van der Waals surface area contributed by atoms with E-state index in [1.165, 1.54) is 21.9 Å². The molecule has 1 heterocycles. The van der Waals surface area contributed by atoms with Gasteiger partial charge in [0, 0.05) is 6.04 Å². The highest BCUT2D eigenvalue weighted by Gasteiger charge is 2.16. The lowest BCUT2D eigenvalue weighted by molar-refractivity contribution is 0.174. The summed E-state index contributed by atoms with van der Waals surface area (Å²) in [7, 11) is 2.01. The van der Waals surface area contributed by atoms with Gasteiger partial charge >= 0.3 is 0 Å². The molecular formula is C20H19NO2. The lowest BCUT2D eigenvalue weighted by Crippen LogP contribution is -2.18. The van der Waals surface area contributed by atoms with E-state index in [1.54, 1.807) is 0 Å². The van der Waals surface area contributed by atoms with E-state index in [2.05, 4.69) is 59.9 Å². The average Bonchev–Trinajstić information content (AvgIpc) is 3.07. The maximum absolute atomic E-state index is 5.48. The van der Waals surface area contributed by atoms with Gasteiger partial charge in [-0.2, -0.15) is 0 Å². The second kappa shape index (κ2) is 5.94. The largest absolute Gasteiger partial charge is 0.454 e. The molecule has 1 aliphatic rings. The molecule has 23 heavy (non-hydrogen) atoms. The normalized spacial score (nSPS) is 14.1. The second-order valence-corrected chi connectivity index (χ2v) is 5.84. The van der Waals surface area contributed by atoms with Crippen molar-refractivity contribution < 1.29 is 9.47 Å². The molecule has 1 aliphatic heterocycles. The van der Waals surface area contributed by atoms with E-state index >= 15 is 0 Å². The Labute approximate surface area is 135 Å². The topological polar surface area (TPSA) is 30.5 Å². The lowest BCUT2D eigenvalue weighted by Gasteiger charge is -2.18. The van der Waals surface area contributed by atoms with E-state index in [-0.39, 0.29) is 6.04 Å². The van der Waals surface area contributed by atoms with Crippen LogP contribution < -0.4 is 14.8 Å². The molecule has 4 rings (SSSR count). The van der Waals surface area contributed by atoms with Crippen LogP contribution >= 0.6 is 0 Å². The molecule has 1 atom stereocenters. The predicted octanol–water partition coefficient (Wildman–Crippen LogP) is 4.07. The van der Waals surface area contributed by atoms with Crippen molar-refractivity contribution in [3.8, 4) is 11.5 Å². The fourth-order valence-corrected chi connectivity index (χ4v) is 3.11. The Bertz CT molecular complexity index is 844. The molecule has 0 spiro atoms. The molecule has 0 aliphatic carbocycles. The third-order valence-corrected chi connectivity index (χ3v) is 4.40. The zero-order valence-electron chi connectivity index (χ0n) is 13.1. The fourth-order valence-electron chi connectivity index (χ4n) is 3.11. The van der Waals surface area contributed by atoms with Gasteiger partial charge in [-0.3, -0.25) is 0 Å². The van der Waals surface area contributed by atoms with Crippen molar-refractivity contribution >= 4 is 10.8 Å². The molecule has 116 valence electrons. The van der Waals surface area contributed by atoms with Crippen molar-refractivity contribution in [3.63, 3.8) is 0 Å². The lowest BCUT2D eigenvalue weighted by atomic mass is 9.96. The van der Waals surface area contributed by atoms with Crippen molar-refractivity contribution in [1.29, 1.82) is 0 Å². The van der Waals surface area contributed by atoms with Crippen molar-refractivity contribution in [2.45, 2.75) is 12.5 Å². The second-order valence-electron chi connectivity index (χ2n) is 5.84. The Morgan fingerprint density at radius 1 is 0.913 bits per heavy atom. The standard InChI is InChI=1S/C20H19NO2/c1-21-18(10-14-6-9-19-20(11-14)23-13-22-19)17-8-7-15-4-2-3-5-16(15)12-17/h2-9,11-12,18,21H,10,13H2,1H3. The van der Waals surface area contributed by atoms with Crippen LogP contribution in [0.4, 0.5) is 0 Å². The molecule has 3 heteroatoms. The Morgan fingerprint density at radius 3 is 2.61 bits per heavy atom. The SMILES string of the molecule is CNC(Cc1ccc2c(c1)OCO2)c1ccc2ccccc2c1. The maximum atomic E-state index is 5.48. The van der Waals surface area contributed by atoms with E-state index < -0.39 is 0 Å². The van der Waals surface area contributed by atoms with Crippen molar-refractivity contribution in [1.82, 2.24) is 5.32 Å². The first-order valence-electron chi connectivity index (χ1n) is 7.88. The van der Waals surface area contributed by atoms with E-state index in [9.17, 15) is 0 Å². The monoisotopic (exact) mass is 305 g/mol. The molecule has 0 saturated heterocycles. The van der Waals surface area contributed by atoms with E-state index in [1.807, 2.05) is 13.1 Å². The first-order chi connectivity index (χ1) is 11.3. The van der Waals surface area contributed by atoms with Crippen LogP contribution in [0.2, 0.25) is 0 Å². The molecule has 3 aromatic rings.